The number of thiol groups is 2. The maximum Gasteiger partial charge on any atom is 0.0574 e. The predicted molar refractivity (Wildman–Crippen MR) is 133 cm³/mol. The van der Waals surface area contributed by atoms with Crippen LogP contribution < -0.4 is 9.80 Å². The summed E-state index contributed by atoms with van der Waals surface area (Å²) in [4.78, 5) is 6.34. The Labute approximate surface area is 190 Å². The summed E-state index contributed by atoms with van der Waals surface area (Å²) < 4.78 is 0. The van der Waals surface area contributed by atoms with E-state index in [1.54, 1.807) is 0 Å². The molecule has 0 spiro atoms. The molecule has 0 amide bonds. The molecule has 2 aliphatic heterocycles. The maximum absolute atomic E-state index is 9.70. The predicted octanol–water partition coefficient (Wildman–Crippen LogP) is 4.29. The lowest BCUT2D eigenvalue weighted by Crippen LogP contribution is -2.35. The van der Waals surface area contributed by atoms with Gasteiger partial charge >= 0.3 is 0 Å². The van der Waals surface area contributed by atoms with Gasteiger partial charge in [0.15, 0.2) is 0 Å². The Bertz CT molecular complexity index is 794. The van der Waals surface area contributed by atoms with Crippen LogP contribution in [0.4, 0.5) is 11.4 Å². The van der Waals surface area contributed by atoms with Gasteiger partial charge in [0.05, 0.1) is 12.2 Å². The van der Waals surface area contributed by atoms with Crippen molar-refractivity contribution in [3.8, 4) is 0 Å². The fourth-order valence-corrected chi connectivity index (χ4v) is 4.74. The van der Waals surface area contributed by atoms with Gasteiger partial charge in [-0.25, -0.2) is 0 Å². The van der Waals surface area contributed by atoms with Crippen molar-refractivity contribution in [1.82, 2.24) is 0 Å². The van der Waals surface area contributed by atoms with E-state index in [2.05, 4.69) is 58.3 Å². The summed E-state index contributed by atoms with van der Waals surface area (Å²) in [5, 5.41) is 19.4. The highest BCUT2D eigenvalue weighted by Gasteiger charge is 2.18. The zero-order valence-electron chi connectivity index (χ0n) is 17.1. The topological polar surface area (TPSA) is 46.9 Å². The number of benzene rings is 2. The lowest BCUT2D eigenvalue weighted by Gasteiger charge is -2.31. The van der Waals surface area contributed by atoms with Gasteiger partial charge in [-0.1, -0.05) is 24.3 Å². The summed E-state index contributed by atoms with van der Waals surface area (Å²) in [6.07, 6.45) is 2.99. The van der Waals surface area contributed by atoms with Crippen molar-refractivity contribution in [2.75, 3.05) is 36.0 Å². The first-order valence-electron chi connectivity index (χ1n) is 10.7. The number of hydrogen-bond acceptors (Lipinski definition) is 6. The van der Waals surface area contributed by atoms with Crippen LogP contribution in [0.2, 0.25) is 0 Å². The molecule has 2 aromatic rings. The van der Waals surface area contributed by atoms with Crippen LogP contribution in [-0.2, 0) is 0 Å². The molecule has 160 valence electrons. The molecule has 0 atom stereocenters. The van der Waals surface area contributed by atoms with Crippen LogP contribution in [0.5, 0.6) is 0 Å². The maximum atomic E-state index is 9.70. The van der Waals surface area contributed by atoms with E-state index in [-0.39, 0.29) is 12.2 Å². The third kappa shape index (κ3) is 4.99. The molecule has 30 heavy (non-hydrogen) atoms. The molecule has 0 aliphatic carbocycles. The van der Waals surface area contributed by atoms with Crippen molar-refractivity contribution in [2.24, 2.45) is 0 Å². The van der Waals surface area contributed by atoms with E-state index in [1.807, 2.05) is 0 Å². The number of hydrogen-bond donors (Lipinski definition) is 4. The van der Waals surface area contributed by atoms with Gasteiger partial charge in [0.1, 0.15) is 0 Å². The van der Waals surface area contributed by atoms with Crippen molar-refractivity contribution in [2.45, 2.75) is 37.9 Å². The van der Waals surface area contributed by atoms with Gasteiger partial charge in [0.2, 0.25) is 0 Å². The Morgan fingerprint density at radius 3 is 1.20 bits per heavy atom. The molecule has 0 radical (unpaired) electrons. The number of nitrogens with zero attached hydrogens (tertiary/aromatic N) is 2. The molecule has 0 saturated carbocycles. The van der Waals surface area contributed by atoms with E-state index in [4.69, 9.17) is 25.3 Å². The van der Waals surface area contributed by atoms with Gasteiger partial charge in [-0.3, -0.25) is 0 Å². The fourth-order valence-electron chi connectivity index (χ4n) is 4.18. The molecule has 6 heteroatoms. The molecule has 4 nitrogen and oxygen atoms in total. The summed E-state index contributed by atoms with van der Waals surface area (Å²) in [6, 6.07) is 16.9. The van der Waals surface area contributed by atoms with Crippen LogP contribution in [0.15, 0.2) is 48.5 Å². The average molecular weight is 443 g/mol. The average Bonchev–Trinajstić information content (AvgIpc) is 2.79. The third-order valence-electron chi connectivity index (χ3n) is 6.17. The molecule has 0 aromatic heterocycles. The van der Waals surface area contributed by atoms with E-state index in [0.29, 0.717) is 0 Å². The molecule has 2 fully saturated rings. The minimum atomic E-state index is -0.160. The standard InChI is InChI=1S/C24H30N2O2S2/c27-21-9-13-25(14-10-21)19-5-1-17(2-6-19)23(29)24(30)18-3-7-20(8-4-18)26-15-11-22(28)12-16-26/h1-8,21-22,27-30H,9-16H2. The van der Waals surface area contributed by atoms with Gasteiger partial charge < -0.3 is 20.0 Å². The first-order valence-corrected chi connectivity index (χ1v) is 11.6. The van der Waals surface area contributed by atoms with Crippen LogP contribution in [0, 0.1) is 0 Å². The number of aliphatic hydroxyl groups is 2. The molecule has 4 rings (SSSR count). The monoisotopic (exact) mass is 442 g/mol. The van der Waals surface area contributed by atoms with Crippen LogP contribution in [0.1, 0.15) is 36.8 Å². The van der Waals surface area contributed by atoms with Gasteiger partial charge in [0.25, 0.3) is 0 Å². The third-order valence-corrected chi connectivity index (χ3v) is 7.31. The second-order valence-electron chi connectivity index (χ2n) is 8.23. The Morgan fingerprint density at radius 1 is 0.600 bits per heavy atom. The largest absolute Gasteiger partial charge is 0.393 e. The van der Waals surface area contributed by atoms with Crippen LogP contribution in [0.25, 0.3) is 9.81 Å². The van der Waals surface area contributed by atoms with Gasteiger partial charge in [-0.05, 0) is 61.1 Å². The molecule has 0 bridgehead atoms. The number of rotatable bonds is 4. The Kier molecular flexibility index (Phi) is 6.98. The van der Waals surface area contributed by atoms with Gasteiger partial charge in [-0.2, -0.15) is 0 Å². The summed E-state index contributed by atoms with van der Waals surface area (Å²) in [7, 11) is 0. The molecule has 2 heterocycles. The highest BCUT2D eigenvalue weighted by Crippen LogP contribution is 2.34. The summed E-state index contributed by atoms with van der Waals surface area (Å²) >= 11 is 9.51. The van der Waals surface area contributed by atoms with E-state index in [0.717, 1.165) is 72.8 Å². The van der Waals surface area contributed by atoms with E-state index in [9.17, 15) is 10.2 Å². The van der Waals surface area contributed by atoms with E-state index < -0.39 is 0 Å². The lowest BCUT2D eigenvalue weighted by molar-refractivity contribution is 0.145. The number of aliphatic hydroxyl groups excluding tert-OH is 2. The molecular formula is C24H30N2O2S2. The zero-order valence-corrected chi connectivity index (χ0v) is 18.9. The Balaban J connectivity index is 1.46. The van der Waals surface area contributed by atoms with Crippen LogP contribution in [0.3, 0.4) is 0 Å². The zero-order chi connectivity index (χ0) is 21.1. The first-order chi connectivity index (χ1) is 14.5. The summed E-state index contributed by atoms with van der Waals surface area (Å²) in [6.45, 7) is 3.57. The van der Waals surface area contributed by atoms with E-state index >= 15 is 0 Å². The molecule has 2 aliphatic rings. The van der Waals surface area contributed by atoms with Crippen molar-refractivity contribution in [1.29, 1.82) is 0 Å². The van der Waals surface area contributed by atoms with E-state index in [1.165, 1.54) is 11.4 Å². The van der Waals surface area contributed by atoms with Gasteiger partial charge in [0, 0.05) is 47.4 Å². The second kappa shape index (κ2) is 9.69. The van der Waals surface area contributed by atoms with Crippen molar-refractivity contribution in [3.05, 3.63) is 59.7 Å². The van der Waals surface area contributed by atoms with Crippen LogP contribution in [-0.4, -0.2) is 48.6 Å². The minimum Gasteiger partial charge on any atom is -0.393 e. The quantitative estimate of drug-likeness (QED) is 0.421. The van der Waals surface area contributed by atoms with Crippen LogP contribution >= 0.6 is 25.3 Å². The molecule has 2 saturated heterocycles. The number of anilines is 2. The summed E-state index contributed by atoms with van der Waals surface area (Å²) in [5.41, 5.74) is 4.45. The SMILES string of the molecule is OC1CCN(c2ccc(C(S)=C(S)c3ccc(N4CCC(O)CC4)cc3)cc2)CC1. The molecule has 2 aromatic carbocycles. The summed E-state index contributed by atoms with van der Waals surface area (Å²) in [5.74, 6) is 0. The first kappa shape index (κ1) is 21.6. The molecular weight excluding hydrogens is 412 g/mol. The second-order valence-corrected chi connectivity index (χ2v) is 9.12. The Hall–Kier alpha value is -1.60. The minimum absolute atomic E-state index is 0.160. The highest BCUT2D eigenvalue weighted by atomic mass is 32.1. The van der Waals surface area contributed by atoms with Crippen molar-refractivity contribution in [3.63, 3.8) is 0 Å². The normalized spacial score (nSPS) is 19.7. The van der Waals surface area contributed by atoms with Crippen molar-refractivity contribution < 1.29 is 10.2 Å². The lowest BCUT2D eigenvalue weighted by atomic mass is 10.1. The molecule has 2 N–H and O–H groups in total. The highest BCUT2D eigenvalue weighted by molar-refractivity contribution is 7.96. The number of piperidine rings is 2. The van der Waals surface area contributed by atoms with Crippen molar-refractivity contribution >= 4 is 46.4 Å². The Morgan fingerprint density at radius 2 is 0.900 bits per heavy atom. The smallest absolute Gasteiger partial charge is 0.0574 e. The van der Waals surface area contributed by atoms with Gasteiger partial charge in [-0.15, -0.1) is 25.3 Å². The molecule has 0 unspecified atom stereocenters. The fraction of sp³-hybridized carbons (Fsp3) is 0.417.